The summed E-state index contributed by atoms with van der Waals surface area (Å²) >= 11 is 0. The lowest BCUT2D eigenvalue weighted by Crippen LogP contribution is -2.30. The van der Waals surface area contributed by atoms with Gasteiger partial charge >= 0.3 is 5.97 Å². The van der Waals surface area contributed by atoms with E-state index in [2.05, 4.69) is 5.32 Å². The van der Waals surface area contributed by atoms with Gasteiger partial charge in [0.15, 0.2) is 0 Å². The Hall–Kier alpha value is -4.38. The van der Waals surface area contributed by atoms with Crippen LogP contribution in [0.25, 0.3) is 22.3 Å². The lowest BCUT2D eigenvalue weighted by atomic mass is 9.98. The molecule has 0 spiro atoms. The molecule has 4 rings (SSSR count). The Kier molecular flexibility index (Phi) is 7.04. The van der Waals surface area contributed by atoms with Crippen LogP contribution in [0.5, 0.6) is 5.75 Å². The highest BCUT2D eigenvalue weighted by Crippen LogP contribution is 2.25. The van der Waals surface area contributed by atoms with Crippen LogP contribution in [0.3, 0.4) is 0 Å². The summed E-state index contributed by atoms with van der Waals surface area (Å²) in [5.74, 6) is -0.520. The molecule has 0 aliphatic rings. The minimum atomic E-state index is -0.979. The molecule has 0 bridgehead atoms. The van der Waals surface area contributed by atoms with Gasteiger partial charge in [-0.3, -0.25) is 9.59 Å². The quantitative estimate of drug-likeness (QED) is 0.346. The standard InChI is InChI=1S/C29H25NO4/c1-34-26-17-15-23(16-18-26)22-9-13-25(14-10-22)29(33)30-27(19-28(31)32)24-11-7-21(8-12-24)20-5-3-2-4-6-20/h2-18,27H,19H2,1H3,(H,30,33)(H,31,32). The van der Waals surface area contributed by atoms with E-state index in [1.54, 1.807) is 19.2 Å². The Balaban J connectivity index is 1.49. The van der Waals surface area contributed by atoms with Crippen LogP contribution in [0.4, 0.5) is 0 Å². The molecular formula is C29H25NO4. The van der Waals surface area contributed by atoms with E-state index in [4.69, 9.17) is 4.74 Å². The molecule has 1 amide bonds. The molecule has 0 saturated carbocycles. The molecule has 5 heteroatoms. The molecule has 0 radical (unpaired) electrons. The molecule has 0 aromatic heterocycles. The zero-order valence-corrected chi connectivity index (χ0v) is 18.8. The van der Waals surface area contributed by atoms with Crippen LogP contribution in [0, 0.1) is 0 Å². The molecule has 4 aromatic rings. The maximum absolute atomic E-state index is 12.9. The molecule has 2 N–H and O–H groups in total. The monoisotopic (exact) mass is 451 g/mol. The Labute approximate surface area is 198 Å². The van der Waals surface area contributed by atoms with Crippen molar-refractivity contribution in [2.45, 2.75) is 12.5 Å². The van der Waals surface area contributed by atoms with Gasteiger partial charge in [-0.2, -0.15) is 0 Å². The van der Waals surface area contributed by atoms with Crippen LogP contribution < -0.4 is 10.1 Å². The molecular weight excluding hydrogens is 426 g/mol. The van der Waals surface area contributed by atoms with Crippen molar-refractivity contribution < 1.29 is 19.4 Å². The van der Waals surface area contributed by atoms with Gasteiger partial charge in [0.2, 0.25) is 0 Å². The molecule has 170 valence electrons. The number of carbonyl (C=O) groups excluding carboxylic acids is 1. The summed E-state index contributed by atoms with van der Waals surface area (Å²) in [4.78, 5) is 24.4. The van der Waals surface area contributed by atoms with Gasteiger partial charge in [0.25, 0.3) is 5.91 Å². The Bertz CT molecular complexity index is 1250. The average molecular weight is 452 g/mol. The summed E-state index contributed by atoms with van der Waals surface area (Å²) < 4.78 is 5.19. The summed E-state index contributed by atoms with van der Waals surface area (Å²) in [5, 5.41) is 12.3. The number of hydrogen-bond donors (Lipinski definition) is 2. The highest BCUT2D eigenvalue weighted by Gasteiger charge is 2.19. The predicted octanol–water partition coefficient (Wildman–Crippen LogP) is 5.98. The Morgan fingerprint density at radius 2 is 1.24 bits per heavy atom. The van der Waals surface area contributed by atoms with Crippen LogP contribution in [0.1, 0.15) is 28.4 Å². The number of amides is 1. The van der Waals surface area contributed by atoms with E-state index in [-0.39, 0.29) is 12.3 Å². The minimum absolute atomic E-state index is 0.208. The maximum atomic E-state index is 12.9. The maximum Gasteiger partial charge on any atom is 0.305 e. The number of benzene rings is 4. The molecule has 34 heavy (non-hydrogen) atoms. The van der Waals surface area contributed by atoms with Crippen LogP contribution in [0.15, 0.2) is 103 Å². The number of ether oxygens (including phenoxy) is 1. The van der Waals surface area contributed by atoms with E-state index in [1.807, 2.05) is 91.0 Å². The number of aliphatic carboxylic acids is 1. The van der Waals surface area contributed by atoms with Gasteiger partial charge in [0.05, 0.1) is 19.6 Å². The fraction of sp³-hybridized carbons (Fsp3) is 0.103. The zero-order valence-electron chi connectivity index (χ0n) is 18.8. The second-order valence-corrected chi connectivity index (χ2v) is 7.92. The summed E-state index contributed by atoms with van der Waals surface area (Å²) in [6.07, 6.45) is -0.208. The topological polar surface area (TPSA) is 75.6 Å². The fourth-order valence-corrected chi connectivity index (χ4v) is 3.80. The van der Waals surface area contributed by atoms with Crippen molar-refractivity contribution in [2.75, 3.05) is 7.11 Å². The molecule has 0 heterocycles. The molecule has 1 unspecified atom stereocenters. The summed E-state index contributed by atoms with van der Waals surface area (Å²) in [7, 11) is 1.62. The van der Waals surface area contributed by atoms with Crippen molar-refractivity contribution in [3.63, 3.8) is 0 Å². The average Bonchev–Trinajstić information content (AvgIpc) is 2.89. The van der Waals surface area contributed by atoms with Gasteiger partial charge in [0, 0.05) is 5.56 Å². The third-order valence-electron chi connectivity index (χ3n) is 5.67. The van der Waals surface area contributed by atoms with Crippen LogP contribution >= 0.6 is 0 Å². The van der Waals surface area contributed by atoms with Crippen molar-refractivity contribution in [1.82, 2.24) is 5.32 Å². The molecule has 4 aromatic carbocycles. The first-order valence-electron chi connectivity index (χ1n) is 11.0. The van der Waals surface area contributed by atoms with E-state index in [0.717, 1.165) is 33.6 Å². The third kappa shape index (κ3) is 5.51. The molecule has 0 aliphatic carbocycles. The van der Waals surface area contributed by atoms with E-state index >= 15 is 0 Å². The van der Waals surface area contributed by atoms with E-state index in [9.17, 15) is 14.7 Å². The number of rotatable bonds is 8. The number of methoxy groups -OCH3 is 1. The lowest BCUT2D eigenvalue weighted by molar-refractivity contribution is -0.137. The fourth-order valence-electron chi connectivity index (χ4n) is 3.80. The minimum Gasteiger partial charge on any atom is -0.497 e. The molecule has 0 fully saturated rings. The SMILES string of the molecule is COc1ccc(-c2ccc(C(=O)NC(CC(=O)O)c3ccc(-c4ccccc4)cc3)cc2)cc1. The van der Waals surface area contributed by atoms with E-state index < -0.39 is 12.0 Å². The van der Waals surface area contributed by atoms with Gasteiger partial charge in [-0.1, -0.05) is 78.9 Å². The second-order valence-electron chi connectivity index (χ2n) is 7.92. The first kappa shape index (κ1) is 22.8. The zero-order chi connectivity index (χ0) is 23.9. The van der Waals surface area contributed by atoms with Crippen LogP contribution in [-0.2, 0) is 4.79 Å². The molecule has 0 aliphatic heterocycles. The number of nitrogens with one attached hydrogen (secondary N) is 1. The van der Waals surface area contributed by atoms with Gasteiger partial charge in [-0.25, -0.2) is 0 Å². The normalized spacial score (nSPS) is 11.4. The summed E-state index contributed by atoms with van der Waals surface area (Å²) in [6, 6.07) is 31.8. The van der Waals surface area contributed by atoms with Gasteiger partial charge in [0.1, 0.15) is 5.75 Å². The predicted molar refractivity (Wildman–Crippen MR) is 133 cm³/mol. The number of hydrogen-bond acceptors (Lipinski definition) is 3. The lowest BCUT2D eigenvalue weighted by Gasteiger charge is -2.18. The first-order valence-corrected chi connectivity index (χ1v) is 11.0. The van der Waals surface area contributed by atoms with Gasteiger partial charge in [-0.05, 0) is 52.1 Å². The van der Waals surface area contributed by atoms with Crippen molar-refractivity contribution in [3.05, 3.63) is 114 Å². The number of carbonyl (C=O) groups is 2. The Morgan fingerprint density at radius 3 is 1.76 bits per heavy atom. The molecule has 1 atom stereocenters. The van der Waals surface area contributed by atoms with Crippen LogP contribution in [-0.4, -0.2) is 24.1 Å². The highest BCUT2D eigenvalue weighted by atomic mass is 16.5. The summed E-state index contributed by atoms with van der Waals surface area (Å²) in [6.45, 7) is 0. The van der Waals surface area contributed by atoms with E-state index in [1.165, 1.54) is 0 Å². The molecule has 0 saturated heterocycles. The summed E-state index contributed by atoms with van der Waals surface area (Å²) in [5.41, 5.74) is 5.29. The van der Waals surface area contributed by atoms with Crippen molar-refractivity contribution in [2.24, 2.45) is 0 Å². The third-order valence-corrected chi connectivity index (χ3v) is 5.67. The molecule has 5 nitrogen and oxygen atoms in total. The van der Waals surface area contributed by atoms with Crippen molar-refractivity contribution in [1.29, 1.82) is 0 Å². The smallest absolute Gasteiger partial charge is 0.305 e. The van der Waals surface area contributed by atoms with Gasteiger partial charge < -0.3 is 15.2 Å². The van der Waals surface area contributed by atoms with E-state index in [0.29, 0.717) is 5.56 Å². The largest absolute Gasteiger partial charge is 0.497 e. The number of carboxylic acid groups (broad SMARTS) is 1. The van der Waals surface area contributed by atoms with Gasteiger partial charge in [-0.15, -0.1) is 0 Å². The van der Waals surface area contributed by atoms with Crippen molar-refractivity contribution in [3.8, 4) is 28.0 Å². The second kappa shape index (κ2) is 10.5. The first-order chi connectivity index (χ1) is 16.5. The Morgan fingerprint density at radius 1 is 0.735 bits per heavy atom. The highest BCUT2D eigenvalue weighted by molar-refractivity contribution is 5.95. The van der Waals surface area contributed by atoms with Crippen LogP contribution in [0.2, 0.25) is 0 Å². The van der Waals surface area contributed by atoms with Crippen molar-refractivity contribution >= 4 is 11.9 Å². The number of carboxylic acids is 1.